The standard InChI is InChI=1S/C23H32FN3O4/c1-17(28)27-16-23(20-15-18(24)3-4-21(20)27)7-11-25(12-8-23)19-5-9-26(10-6-19)22(29)31-14-13-30-2/h3-4,15,19H,5-14,16H2,1-2H3. The molecule has 170 valence electrons. The molecule has 3 heterocycles. The summed E-state index contributed by atoms with van der Waals surface area (Å²) in [4.78, 5) is 30.4. The van der Waals surface area contributed by atoms with Gasteiger partial charge in [-0.1, -0.05) is 0 Å². The first-order valence-corrected chi connectivity index (χ1v) is 11.2. The van der Waals surface area contributed by atoms with Crippen molar-refractivity contribution in [3.05, 3.63) is 29.6 Å². The molecule has 0 unspecified atom stereocenters. The number of anilines is 1. The molecule has 31 heavy (non-hydrogen) atoms. The van der Waals surface area contributed by atoms with E-state index in [1.807, 2.05) is 0 Å². The monoisotopic (exact) mass is 433 g/mol. The van der Waals surface area contributed by atoms with Crippen LogP contribution < -0.4 is 4.90 Å². The van der Waals surface area contributed by atoms with Gasteiger partial charge in [-0.15, -0.1) is 0 Å². The minimum absolute atomic E-state index is 0.0110. The summed E-state index contributed by atoms with van der Waals surface area (Å²) >= 11 is 0. The Kier molecular flexibility index (Phi) is 6.48. The van der Waals surface area contributed by atoms with Crippen molar-refractivity contribution >= 4 is 17.7 Å². The number of methoxy groups -OCH3 is 1. The molecule has 2 fully saturated rings. The molecule has 0 bridgehead atoms. The number of ether oxygens (including phenoxy) is 2. The summed E-state index contributed by atoms with van der Waals surface area (Å²) in [6, 6.07) is 5.26. The predicted molar refractivity (Wildman–Crippen MR) is 115 cm³/mol. The first-order valence-electron chi connectivity index (χ1n) is 11.2. The zero-order valence-corrected chi connectivity index (χ0v) is 18.4. The number of hydrogen-bond donors (Lipinski definition) is 0. The summed E-state index contributed by atoms with van der Waals surface area (Å²) in [5.41, 5.74) is 1.68. The number of hydrogen-bond acceptors (Lipinski definition) is 5. The fourth-order valence-corrected chi connectivity index (χ4v) is 5.38. The summed E-state index contributed by atoms with van der Waals surface area (Å²) < 4.78 is 24.2. The number of halogens is 1. The van der Waals surface area contributed by atoms with E-state index in [1.165, 1.54) is 6.07 Å². The van der Waals surface area contributed by atoms with E-state index in [-0.39, 0.29) is 29.8 Å². The average Bonchev–Trinajstić information content (AvgIpc) is 3.08. The molecule has 3 aliphatic rings. The van der Waals surface area contributed by atoms with E-state index < -0.39 is 0 Å². The van der Waals surface area contributed by atoms with Crippen LogP contribution in [0.25, 0.3) is 0 Å². The molecular formula is C23H32FN3O4. The summed E-state index contributed by atoms with van der Waals surface area (Å²) in [5, 5.41) is 0. The molecular weight excluding hydrogens is 401 g/mol. The van der Waals surface area contributed by atoms with Crippen molar-refractivity contribution in [3.63, 3.8) is 0 Å². The van der Waals surface area contributed by atoms with E-state index in [9.17, 15) is 14.0 Å². The lowest BCUT2D eigenvalue weighted by atomic mass is 9.74. The van der Waals surface area contributed by atoms with Crippen LogP contribution in [0.15, 0.2) is 18.2 Å². The molecule has 0 saturated carbocycles. The fraction of sp³-hybridized carbons (Fsp3) is 0.652. The Hall–Kier alpha value is -2.19. The topological polar surface area (TPSA) is 62.3 Å². The van der Waals surface area contributed by atoms with Crippen LogP contribution >= 0.6 is 0 Å². The lowest BCUT2D eigenvalue weighted by molar-refractivity contribution is -0.116. The van der Waals surface area contributed by atoms with E-state index in [0.717, 1.165) is 50.0 Å². The Labute approximate surface area is 183 Å². The highest BCUT2D eigenvalue weighted by molar-refractivity contribution is 5.94. The van der Waals surface area contributed by atoms with Gasteiger partial charge in [0.1, 0.15) is 12.4 Å². The van der Waals surface area contributed by atoms with Gasteiger partial charge in [0, 0.05) is 50.8 Å². The number of benzene rings is 1. The highest BCUT2D eigenvalue weighted by Gasteiger charge is 2.46. The van der Waals surface area contributed by atoms with Gasteiger partial charge < -0.3 is 24.2 Å². The van der Waals surface area contributed by atoms with Crippen LogP contribution in [0, 0.1) is 5.82 Å². The molecule has 0 atom stereocenters. The normalized spacial score (nSPS) is 21.4. The van der Waals surface area contributed by atoms with Crippen LogP contribution in [-0.2, 0) is 19.7 Å². The molecule has 0 N–H and O–H groups in total. The van der Waals surface area contributed by atoms with E-state index >= 15 is 0 Å². The maximum atomic E-state index is 14.0. The van der Waals surface area contributed by atoms with Crippen molar-refractivity contribution in [2.45, 2.75) is 44.1 Å². The van der Waals surface area contributed by atoms with Crippen LogP contribution in [0.1, 0.15) is 38.2 Å². The van der Waals surface area contributed by atoms with Gasteiger partial charge in [-0.2, -0.15) is 0 Å². The summed E-state index contributed by atoms with van der Waals surface area (Å²) in [6.45, 7) is 6.15. The molecule has 2 saturated heterocycles. The van der Waals surface area contributed by atoms with Gasteiger partial charge in [0.15, 0.2) is 0 Å². The highest BCUT2D eigenvalue weighted by Crippen LogP contribution is 2.47. The van der Waals surface area contributed by atoms with Gasteiger partial charge >= 0.3 is 6.09 Å². The van der Waals surface area contributed by atoms with Crippen LogP contribution in [0.2, 0.25) is 0 Å². The maximum Gasteiger partial charge on any atom is 0.409 e. The zero-order chi connectivity index (χ0) is 22.0. The van der Waals surface area contributed by atoms with Gasteiger partial charge in [0.2, 0.25) is 5.91 Å². The maximum absolute atomic E-state index is 14.0. The number of nitrogens with zero attached hydrogens (tertiary/aromatic N) is 3. The van der Waals surface area contributed by atoms with Crippen molar-refractivity contribution in [3.8, 4) is 0 Å². The lowest BCUT2D eigenvalue weighted by Gasteiger charge is -2.45. The molecule has 0 aromatic heterocycles. The number of likely N-dealkylation sites (tertiary alicyclic amines) is 2. The molecule has 0 radical (unpaired) electrons. The third kappa shape index (κ3) is 4.41. The Balaban J connectivity index is 1.34. The van der Waals surface area contributed by atoms with E-state index in [0.29, 0.717) is 32.3 Å². The van der Waals surface area contributed by atoms with Crippen LogP contribution in [-0.4, -0.2) is 80.9 Å². The minimum atomic E-state index is -0.262. The summed E-state index contributed by atoms with van der Waals surface area (Å²) in [5.74, 6) is -0.229. The van der Waals surface area contributed by atoms with Gasteiger partial charge in [0.25, 0.3) is 0 Å². The van der Waals surface area contributed by atoms with Crippen molar-refractivity contribution in [2.75, 3.05) is 57.9 Å². The third-order valence-electron chi connectivity index (χ3n) is 7.17. The van der Waals surface area contributed by atoms with Gasteiger partial charge in [-0.3, -0.25) is 4.79 Å². The first-order chi connectivity index (χ1) is 14.9. The smallest absolute Gasteiger partial charge is 0.409 e. The Morgan fingerprint density at radius 2 is 1.84 bits per heavy atom. The second-order valence-corrected chi connectivity index (χ2v) is 8.91. The van der Waals surface area contributed by atoms with Gasteiger partial charge in [-0.05, 0) is 62.5 Å². The molecule has 4 rings (SSSR count). The summed E-state index contributed by atoms with van der Waals surface area (Å²) in [7, 11) is 1.58. The second kappa shape index (κ2) is 9.12. The molecule has 0 aliphatic carbocycles. The number of piperidine rings is 2. The number of amides is 2. The molecule has 1 aromatic carbocycles. The highest BCUT2D eigenvalue weighted by atomic mass is 19.1. The number of carbonyl (C=O) groups is 2. The average molecular weight is 434 g/mol. The van der Waals surface area contributed by atoms with E-state index in [2.05, 4.69) is 4.90 Å². The first kappa shape index (κ1) is 22.0. The van der Waals surface area contributed by atoms with Crippen LogP contribution in [0.4, 0.5) is 14.9 Å². The molecule has 7 nitrogen and oxygen atoms in total. The Morgan fingerprint density at radius 1 is 1.13 bits per heavy atom. The van der Waals surface area contributed by atoms with Gasteiger partial charge in [-0.25, -0.2) is 9.18 Å². The Bertz CT molecular complexity index is 817. The third-order valence-corrected chi connectivity index (χ3v) is 7.17. The quantitative estimate of drug-likeness (QED) is 0.684. The largest absolute Gasteiger partial charge is 0.447 e. The lowest BCUT2D eigenvalue weighted by Crippen LogP contribution is -2.52. The number of fused-ring (bicyclic) bond motifs is 2. The summed E-state index contributed by atoms with van der Waals surface area (Å²) in [6.07, 6.45) is 3.41. The van der Waals surface area contributed by atoms with Gasteiger partial charge in [0.05, 0.1) is 6.61 Å². The molecule has 2 amide bonds. The van der Waals surface area contributed by atoms with E-state index in [4.69, 9.17) is 9.47 Å². The SMILES string of the molecule is COCCOC(=O)N1CCC(N2CCC3(CC2)CN(C(C)=O)c2ccc(F)cc23)CC1. The molecule has 8 heteroatoms. The number of carbonyl (C=O) groups excluding carboxylic acids is 2. The van der Waals surface area contributed by atoms with Crippen LogP contribution in [0.3, 0.4) is 0 Å². The molecule has 1 aromatic rings. The van der Waals surface area contributed by atoms with Crippen molar-refractivity contribution < 1.29 is 23.5 Å². The van der Waals surface area contributed by atoms with Crippen molar-refractivity contribution in [1.29, 1.82) is 0 Å². The zero-order valence-electron chi connectivity index (χ0n) is 18.4. The second-order valence-electron chi connectivity index (χ2n) is 8.91. The molecule has 1 spiro atoms. The predicted octanol–water partition coefficient (Wildman–Crippen LogP) is 2.77. The van der Waals surface area contributed by atoms with Crippen LogP contribution in [0.5, 0.6) is 0 Å². The fourth-order valence-electron chi connectivity index (χ4n) is 5.38. The number of rotatable bonds is 4. The minimum Gasteiger partial charge on any atom is -0.447 e. The van der Waals surface area contributed by atoms with Crippen molar-refractivity contribution in [2.24, 2.45) is 0 Å². The molecule has 3 aliphatic heterocycles. The Morgan fingerprint density at radius 3 is 2.48 bits per heavy atom. The van der Waals surface area contributed by atoms with Crippen molar-refractivity contribution in [1.82, 2.24) is 9.80 Å². The van der Waals surface area contributed by atoms with E-state index in [1.54, 1.807) is 36.0 Å².